The number of likely N-dealkylation sites (N-methyl/N-ethyl adjacent to an activating group) is 1. The molecule has 20 heavy (non-hydrogen) atoms. The molecule has 1 amide bonds. The number of halogens is 2. The zero-order valence-electron chi connectivity index (χ0n) is 12.3. The topological polar surface area (TPSA) is 50.2 Å². The molecule has 116 valence electrons. The van der Waals surface area contributed by atoms with E-state index < -0.39 is 0 Å². The van der Waals surface area contributed by atoms with Crippen molar-refractivity contribution in [1.82, 2.24) is 20.0 Å². The average Bonchev–Trinajstić information content (AvgIpc) is 2.68. The third-order valence-electron chi connectivity index (χ3n) is 3.64. The van der Waals surface area contributed by atoms with Crippen LogP contribution in [-0.2, 0) is 11.3 Å². The maximum atomic E-state index is 12.2. The zero-order chi connectivity index (χ0) is 13.1. The van der Waals surface area contributed by atoms with Crippen LogP contribution >= 0.6 is 24.8 Å². The first-order chi connectivity index (χ1) is 8.58. The van der Waals surface area contributed by atoms with Crippen LogP contribution in [0.25, 0.3) is 0 Å². The van der Waals surface area contributed by atoms with Crippen LogP contribution in [0, 0.1) is 13.8 Å². The molecule has 0 radical (unpaired) electrons. The van der Waals surface area contributed by atoms with Crippen molar-refractivity contribution in [2.45, 2.75) is 39.3 Å². The Morgan fingerprint density at radius 1 is 1.40 bits per heavy atom. The smallest absolute Gasteiger partial charge is 0.244 e. The number of rotatable bonds is 3. The first kappa shape index (κ1) is 19.2. The van der Waals surface area contributed by atoms with Crippen LogP contribution in [0.5, 0.6) is 0 Å². The van der Waals surface area contributed by atoms with Crippen molar-refractivity contribution in [2.75, 3.05) is 20.1 Å². The van der Waals surface area contributed by atoms with Gasteiger partial charge in [0.25, 0.3) is 0 Å². The number of aryl methyl sites for hydroxylation is 2. The Morgan fingerprint density at radius 3 is 2.50 bits per heavy atom. The molecule has 1 aromatic rings. The summed E-state index contributed by atoms with van der Waals surface area (Å²) in [5, 5.41) is 7.65. The fourth-order valence-corrected chi connectivity index (χ4v) is 2.47. The van der Waals surface area contributed by atoms with Gasteiger partial charge in [0.05, 0.1) is 5.69 Å². The normalized spacial score (nSPS) is 15.2. The van der Waals surface area contributed by atoms with Crippen molar-refractivity contribution in [1.29, 1.82) is 0 Å². The molecule has 0 atom stereocenters. The molecule has 2 rings (SSSR count). The zero-order valence-corrected chi connectivity index (χ0v) is 13.9. The fraction of sp³-hybridized carbons (Fsp3) is 0.692. The summed E-state index contributed by atoms with van der Waals surface area (Å²) in [5.41, 5.74) is 2.00. The van der Waals surface area contributed by atoms with E-state index >= 15 is 0 Å². The Kier molecular flexibility index (Phi) is 8.16. The molecular formula is C13H24Cl2N4O. The van der Waals surface area contributed by atoms with Gasteiger partial charge in [-0.05, 0) is 45.8 Å². The Bertz CT molecular complexity index is 430. The predicted octanol–water partition coefficient (Wildman–Crippen LogP) is 1.55. The fourth-order valence-electron chi connectivity index (χ4n) is 2.47. The Labute approximate surface area is 132 Å². The molecule has 7 heteroatoms. The minimum Gasteiger partial charge on any atom is -0.341 e. The molecule has 0 unspecified atom stereocenters. The van der Waals surface area contributed by atoms with E-state index in [0.29, 0.717) is 12.6 Å². The van der Waals surface area contributed by atoms with Crippen LogP contribution in [0.1, 0.15) is 24.2 Å². The summed E-state index contributed by atoms with van der Waals surface area (Å²) in [5.74, 6) is 0.146. The van der Waals surface area contributed by atoms with Crippen LogP contribution < -0.4 is 5.32 Å². The summed E-state index contributed by atoms with van der Waals surface area (Å²) in [6.07, 6.45) is 2.08. The molecule has 0 saturated carbocycles. The maximum Gasteiger partial charge on any atom is 0.244 e. The minimum absolute atomic E-state index is 0. The molecule has 5 nitrogen and oxygen atoms in total. The van der Waals surface area contributed by atoms with Crippen molar-refractivity contribution in [3.63, 3.8) is 0 Å². The van der Waals surface area contributed by atoms with E-state index in [2.05, 4.69) is 10.4 Å². The lowest BCUT2D eigenvalue weighted by Gasteiger charge is -2.31. The molecule has 0 aromatic carbocycles. The molecule has 1 aromatic heterocycles. The second kappa shape index (κ2) is 8.49. The molecule has 1 saturated heterocycles. The monoisotopic (exact) mass is 322 g/mol. The number of piperidine rings is 1. The molecule has 0 bridgehead atoms. The van der Waals surface area contributed by atoms with Crippen LogP contribution in [0.15, 0.2) is 6.07 Å². The molecule has 0 aliphatic carbocycles. The number of carbonyl (C=O) groups excluding carboxylic acids is 1. The van der Waals surface area contributed by atoms with Gasteiger partial charge in [0, 0.05) is 18.8 Å². The first-order valence-corrected chi connectivity index (χ1v) is 6.55. The van der Waals surface area contributed by atoms with E-state index in [4.69, 9.17) is 0 Å². The van der Waals surface area contributed by atoms with E-state index in [1.807, 2.05) is 31.9 Å². The maximum absolute atomic E-state index is 12.2. The second-order valence-electron chi connectivity index (χ2n) is 5.07. The number of nitrogens with one attached hydrogen (secondary N) is 1. The second-order valence-corrected chi connectivity index (χ2v) is 5.07. The highest BCUT2D eigenvalue weighted by Crippen LogP contribution is 2.11. The number of amides is 1. The Morgan fingerprint density at radius 2 is 2.00 bits per heavy atom. The van der Waals surface area contributed by atoms with Gasteiger partial charge in [-0.15, -0.1) is 24.8 Å². The largest absolute Gasteiger partial charge is 0.341 e. The van der Waals surface area contributed by atoms with E-state index in [1.54, 1.807) is 4.68 Å². The van der Waals surface area contributed by atoms with E-state index in [-0.39, 0.29) is 30.7 Å². The van der Waals surface area contributed by atoms with Gasteiger partial charge in [-0.3, -0.25) is 9.48 Å². The van der Waals surface area contributed by atoms with Crippen LogP contribution in [0.3, 0.4) is 0 Å². The lowest BCUT2D eigenvalue weighted by molar-refractivity contribution is -0.133. The van der Waals surface area contributed by atoms with Crippen molar-refractivity contribution in [3.8, 4) is 0 Å². The number of carbonyl (C=O) groups is 1. The predicted molar refractivity (Wildman–Crippen MR) is 84.9 cm³/mol. The van der Waals surface area contributed by atoms with Crippen molar-refractivity contribution in [3.05, 3.63) is 17.5 Å². The van der Waals surface area contributed by atoms with Crippen LogP contribution in [0.2, 0.25) is 0 Å². The molecule has 1 aliphatic rings. The standard InChI is InChI=1S/C13H22N4O.2ClH/c1-10-8-11(2)17(15-10)9-13(18)16(3)12-4-6-14-7-5-12;;/h8,12,14H,4-7,9H2,1-3H3;2*1H. The third kappa shape index (κ3) is 4.65. The van der Waals surface area contributed by atoms with Crippen molar-refractivity contribution < 1.29 is 4.79 Å². The van der Waals surface area contributed by atoms with Gasteiger partial charge in [0.2, 0.25) is 5.91 Å². The van der Waals surface area contributed by atoms with Gasteiger partial charge in [-0.25, -0.2) is 0 Å². The van der Waals surface area contributed by atoms with Crippen LogP contribution in [-0.4, -0.2) is 46.8 Å². The summed E-state index contributed by atoms with van der Waals surface area (Å²) < 4.78 is 1.79. The average molecular weight is 323 g/mol. The summed E-state index contributed by atoms with van der Waals surface area (Å²) in [7, 11) is 1.91. The van der Waals surface area contributed by atoms with Gasteiger partial charge in [0.1, 0.15) is 6.54 Å². The van der Waals surface area contributed by atoms with E-state index in [9.17, 15) is 4.79 Å². The van der Waals surface area contributed by atoms with Gasteiger partial charge >= 0.3 is 0 Å². The highest BCUT2D eigenvalue weighted by molar-refractivity contribution is 5.85. The highest BCUT2D eigenvalue weighted by atomic mass is 35.5. The number of aromatic nitrogens is 2. The molecule has 1 aliphatic heterocycles. The summed E-state index contributed by atoms with van der Waals surface area (Å²) in [6.45, 7) is 6.28. The van der Waals surface area contributed by atoms with Gasteiger partial charge in [0.15, 0.2) is 0 Å². The van der Waals surface area contributed by atoms with Gasteiger partial charge in [-0.1, -0.05) is 0 Å². The van der Waals surface area contributed by atoms with Crippen LogP contribution in [0.4, 0.5) is 0 Å². The van der Waals surface area contributed by atoms with Crippen molar-refractivity contribution >= 4 is 30.7 Å². The highest BCUT2D eigenvalue weighted by Gasteiger charge is 2.22. The summed E-state index contributed by atoms with van der Waals surface area (Å²) in [6, 6.07) is 2.37. The molecule has 1 fully saturated rings. The Balaban J connectivity index is 0.00000180. The van der Waals surface area contributed by atoms with E-state index in [0.717, 1.165) is 37.3 Å². The van der Waals surface area contributed by atoms with Gasteiger partial charge < -0.3 is 10.2 Å². The lowest BCUT2D eigenvalue weighted by atomic mass is 10.1. The quantitative estimate of drug-likeness (QED) is 0.918. The first-order valence-electron chi connectivity index (χ1n) is 6.55. The third-order valence-corrected chi connectivity index (χ3v) is 3.64. The Hall–Kier alpha value is -0.780. The van der Waals surface area contributed by atoms with Gasteiger partial charge in [-0.2, -0.15) is 5.10 Å². The molecule has 0 spiro atoms. The number of nitrogens with zero attached hydrogens (tertiary/aromatic N) is 3. The molecule has 2 heterocycles. The SMILES string of the molecule is Cc1cc(C)n(CC(=O)N(C)C2CCNCC2)n1.Cl.Cl. The number of hydrogen-bond acceptors (Lipinski definition) is 3. The number of hydrogen-bond donors (Lipinski definition) is 1. The molecular weight excluding hydrogens is 299 g/mol. The molecule has 1 N–H and O–H groups in total. The lowest BCUT2D eigenvalue weighted by Crippen LogP contribution is -2.45. The van der Waals surface area contributed by atoms with Crippen molar-refractivity contribution in [2.24, 2.45) is 0 Å². The van der Waals surface area contributed by atoms with E-state index in [1.165, 1.54) is 0 Å². The minimum atomic E-state index is 0. The summed E-state index contributed by atoms with van der Waals surface area (Å²) in [4.78, 5) is 14.1. The summed E-state index contributed by atoms with van der Waals surface area (Å²) >= 11 is 0.